The van der Waals surface area contributed by atoms with Crippen LogP contribution in [-0.2, 0) is 17.8 Å². The van der Waals surface area contributed by atoms with Crippen molar-refractivity contribution in [2.24, 2.45) is 0 Å². The third-order valence-electron chi connectivity index (χ3n) is 3.97. The molecule has 2 heterocycles. The maximum Gasteiger partial charge on any atom is 0.257 e. The Hall–Kier alpha value is -1.90. The molecule has 0 bridgehead atoms. The molecule has 8 heteroatoms. The largest absolute Gasteiger partial charge is 0.379 e. The Morgan fingerprint density at radius 3 is 2.88 bits per heavy atom. The van der Waals surface area contributed by atoms with Crippen LogP contribution in [0, 0.1) is 11.6 Å². The van der Waals surface area contributed by atoms with E-state index < -0.39 is 17.5 Å². The van der Waals surface area contributed by atoms with Crippen LogP contribution in [0.2, 0.25) is 0 Å². The number of morpholine rings is 1. The molecule has 0 unspecified atom stereocenters. The van der Waals surface area contributed by atoms with Crippen molar-refractivity contribution < 1.29 is 18.3 Å². The number of benzene rings is 1. The van der Waals surface area contributed by atoms with Gasteiger partial charge in [-0.3, -0.25) is 9.69 Å². The van der Waals surface area contributed by atoms with E-state index in [0.717, 1.165) is 61.7 Å². The van der Waals surface area contributed by atoms with Gasteiger partial charge in [-0.05, 0) is 18.2 Å². The normalized spacial score (nSPS) is 15.3. The predicted molar refractivity (Wildman–Crippen MR) is 90.4 cm³/mol. The molecule has 1 aromatic carbocycles. The number of thiazole rings is 1. The highest BCUT2D eigenvalue weighted by Crippen LogP contribution is 2.17. The van der Waals surface area contributed by atoms with E-state index >= 15 is 0 Å². The number of halogens is 2. The molecule has 1 aromatic heterocycles. The van der Waals surface area contributed by atoms with Gasteiger partial charge in [0.1, 0.15) is 16.6 Å². The zero-order valence-electron chi connectivity index (χ0n) is 13.9. The van der Waals surface area contributed by atoms with E-state index in [-0.39, 0.29) is 12.1 Å². The molecule has 0 aliphatic carbocycles. The SMILES string of the molecule is CN(Cc1csc(CN2CCOCC2)n1)C(=O)c1cc(F)ccc1F. The number of aromatic nitrogens is 1. The van der Waals surface area contributed by atoms with Gasteiger partial charge >= 0.3 is 0 Å². The molecule has 0 saturated carbocycles. The van der Waals surface area contributed by atoms with Gasteiger partial charge in [-0.2, -0.15) is 0 Å². The van der Waals surface area contributed by atoms with Crippen LogP contribution >= 0.6 is 11.3 Å². The molecule has 0 spiro atoms. The van der Waals surface area contributed by atoms with Gasteiger partial charge in [0.05, 0.1) is 37.6 Å². The average Bonchev–Trinajstić information content (AvgIpc) is 3.04. The van der Waals surface area contributed by atoms with Crippen molar-refractivity contribution in [1.82, 2.24) is 14.8 Å². The summed E-state index contributed by atoms with van der Waals surface area (Å²) in [5.41, 5.74) is 0.465. The van der Waals surface area contributed by atoms with Crippen LogP contribution in [0.5, 0.6) is 0 Å². The molecule has 1 amide bonds. The molecule has 3 rings (SSSR count). The molecule has 1 aliphatic rings. The molecule has 5 nitrogen and oxygen atoms in total. The minimum absolute atomic E-state index is 0.244. The minimum atomic E-state index is -0.732. The van der Waals surface area contributed by atoms with Gasteiger partial charge in [-0.25, -0.2) is 13.8 Å². The third kappa shape index (κ3) is 4.59. The monoisotopic (exact) mass is 367 g/mol. The summed E-state index contributed by atoms with van der Waals surface area (Å²) < 4.78 is 32.3. The second kappa shape index (κ2) is 7.99. The van der Waals surface area contributed by atoms with Crippen LogP contribution in [-0.4, -0.2) is 54.0 Å². The van der Waals surface area contributed by atoms with E-state index in [0.29, 0.717) is 0 Å². The quantitative estimate of drug-likeness (QED) is 0.815. The lowest BCUT2D eigenvalue weighted by molar-refractivity contribution is 0.0341. The van der Waals surface area contributed by atoms with Gasteiger partial charge in [0.15, 0.2) is 0 Å². The number of nitrogens with zero attached hydrogens (tertiary/aromatic N) is 3. The van der Waals surface area contributed by atoms with E-state index in [1.165, 1.54) is 16.2 Å². The molecule has 0 radical (unpaired) electrons. The van der Waals surface area contributed by atoms with E-state index in [2.05, 4.69) is 9.88 Å². The molecule has 134 valence electrons. The summed E-state index contributed by atoms with van der Waals surface area (Å²) in [7, 11) is 1.55. The van der Waals surface area contributed by atoms with Gasteiger partial charge in [-0.1, -0.05) is 0 Å². The zero-order valence-corrected chi connectivity index (χ0v) is 14.7. The number of carbonyl (C=O) groups excluding carboxylic acids is 1. The summed E-state index contributed by atoms with van der Waals surface area (Å²) in [6, 6.07) is 2.86. The van der Waals surface area contributed by atoms with Crippen LogP contribution in [0.3, 0.4) is 0 Å². The van der Waals surface area contributed by atoms with Gasteiger partial charge in [-0.15, -0.1) is 11.3 Å². The second-order valence-corrected chi connectivity index (χ2v) is 6.85. The van der Waals surface area contributed by atoms with E-state index in [4.69, 9.17) is 4.74 Å². The van der Waals surface area contributed by atoms with Crippen LogP contribution in [0.4, 0.5) is 8.78 Å². The first kappa shape index (κ1) is 17.9. The highest BCUT2D eigenvalue weighted by Gasteiger charge is 2.19. The minimum Gasteiger partial charge on any atom is -0.379 e. The molecule has 2 aromatic rings. The van der Waals surface area contributed by atoms with E-state index in [1.807, 2.05) is 5.38 Å². The topological polar surface area (TPSA) is 45.7 Å². The smallest absolute Gasteiger partial charge is 0.257 e. The second-order valence-electron chi connectivity index (χ2n) is 5.91. The van der Waals surface area contributed by atoms with Crippen LogP contribution in [0.15, 0.2) is 23.6 Å². The number of hydrogen-bond donors (Lipinski definition) is 0. The van der Waals surface area contributed by atoms with Crippen molar-refractivity contribution in [2.45, 2.75) is 13.1 Å². The maximum absolute atomic E-state index is 13.7. The standard InChI is InChI=1S/C17H19F2N3O2S/c1-21(17(23)14-8-12(18)2-3-15(14)19)9-13-11-25-16(20-13)10-22-4-6-24-7-5-22/h2-3,8,11H,4-7,9-10H2,1H3. The molecular formula is C17H19F2N3O2S. The van der Waals surface area contributed by atoms with Gasteiger partial charge in [0.25, 0.3) is 5.91 Å². The van der Waals surface area contributed by atoms with Crippen LogP contribution in [0.25, 0.3) is 0 Å². The number of ether oxygens (including phenoxy) is 1. The maximum atomic E-state index is 13.7. The molecule has 0 atom stereocenters. The van der Waals surface area contributed by atoms with Crippen LogP contribution in [0.1, 0.15) is 21.1 Å². The average molecular weight is 367 g/mol. The first-order chi connectivity index (χ1) is 12.0. The summed E-state index contributed by atoms with van der Waals surface area (Å²) in [6.45, 7) is 4.22. The summed E-state index contributed by atoms with van der Waals surface area (Å²) >= 11 is 1.53. The summed E-state index contributed by atoms with van der Waals surface area (Å²) in [4.78, 5) is 20.5. The first-order valence-corrected chi connectivity index (χ1v) is 8.85. The molecule has 25 heavy (non-hydrogen) atoms. The van der Waals surface area contributed by atoms with Crippen molar-refractivity contribution >= 4 is 17.2 Å². The first-order valence-electron chi connectivity index (χ1n) is 7.97. The highest BCUT2D eigenvalue weighted by molar-refractivity contribution is 7.09. The lowest BCUT2D eigenvalue weighted by atomic mass is 10.2. The lowest BCUT2D eigenvalue weighted by Gasteiger charge is -2.25. The molecule has 1 saturated heterocycles. The van der Waals surface area contributed by atoms with Gasteiger partial charge < -0.3 is 9.64 Å². The van der Waals surface area contributed by atoms with Crippen molar-refractivity contribution in [2.75, 3.05) is 33.4 Å². The Bertz CT molecular complexity index is 747. The van der Waals surface area contributed by atoms with Crippen molar-refractivity contribution in [3.63, 3.8) is 0 Å². The Labute approximate surface area is 148 Å². The Balaban J connectivity index is 1.61. The van der Waals surface area contributed by atoms with Crippen molar-refractivity contribution in [1.29, 1.82) is 0 Å². The molecular weight excluding hydrogens is 348 g/mol. The number of amides is 1. The van der Waals surface area contributed by atoms with Gasteiger partial charge in [0.2, 0.25) is 0 Å². The predicted octanol–water partition coefficient (Wildman–Crippen LogP) is 2.53. The van der Waals surface area contributed by atoms with Gasteiger partial charge in [0, 0.05) is 25.5 Å². The van der Waals surface area contributed by atoms with Crippen molar-refractivity contribution in [3.05, 3.63) is 51.5 Å². The Morgan fingerprint density at radius 1 is 1.36 bits per heavy atom. The summed E-state index contributed by atoms with van der Waals surface area (Å²) in [6.07, 6.45) is 0. The van der Waals surface area contributed by atoms with E-state index in [9.17, 15) is 13.6 Å². The number of rotatable bonds is 5. The fourth-order valence-electron chi connectivity index (χ4n) is 2.63. The zero-order chi connectivity index (χ0) is 17.8. The number of hydrogen-bond acceptors (Lipinski definition) is 5. The third-order valence-corrected chi connectivity index (χ3v) is 4.85. The summed E-state index contributed by atoms with van der Waals surface area (Å²) in [5.74, 6) is -1.94. The van der Waals surface area contributed by atoms with Crippen LogP contribution < -0.4 is 0 Å². The molecule has 1 fully saturated rings. The van der Waals surface area contributed by atoms with E-state index in [1.54, 1.807) is 7.05 Å². The Kier molecular flexibility index (Phi) is 5.72. The van der Waals surface area contributed by atoms with Crippen molar-refractivity contribution in [3.8, 4) is 0 Å². The number of carbonyl (C=O) groups is 1. The Morgan fingerprint density at radius 2 is 2.12 bits per heavy atom. The fraction of sp³-hybridized carbons (Fsp3) is 0.412. The summed E-state index contributed by atoms with van der Waals surface area (Å²) in [5, 5.41) is 2.86. The highest BCUT2D eigenvalue weighted by atomic mass is 32.1. The fourth-order valence-corrected chi connectivity index (χ4v) is 3.45. The lowest BCUT2D eigenvalue weighted by Crippen LogP contribution is -2.35. The molecule has 0 N–H and O–H groups in total. The molecule has 1 aliphatic heterocycles.